The SMILES string of the molecule is Cc1cccc(C)c1-c1cccc2c1ccc1c2c2cccc3c2n1-c1cc(-c2ccc(C(C)(C)C)cc2)cc2c1B3n1c3ccc(C(C)(C)C)cc3c3cc(C(C)(C)C)cc-2c31. The minimum absolute atomic E-state index is 0.00209. The summed E-state index contributed by atoms with van der Waals surface area (Å²) in [5, 5.41) is 7.95. The molecule has 0 bridgehead atoms. The second kappa shape index (κ2) is 12.7. The third-order valence-electron chi connectivity index (χ3n) is 14.8. The summed E-state index contributed by atoms with van der Waals surface area (Å²) in [7, 11) is 0. The quantitative estimate of drug-likeness (QED) is 0.154. The lowest BCUT2D eigenvalue weighted by atomic mass is 9.45. The van der Waals surface area contributed by atoms with Gasteiger partial charge in [-0.05, 0) is 150 Å². The lowest BCUT2D eigenvalue weighted by molar-refractivity contribution is 0.590. The van der Waals surface area contributed by atoms with E-state index in [1.165, 1.54) is 132 Å². The number of rotatable bonds is 2. The van der Waals surface area contributed by atoms with Gasteiger partial charge < -0.3 is 9.05 Å². The van der Waals surface area contributed by atoms with Crippen LogP contribution in [0.15, 0.2) is 133 Å². The Morgan fingerprint density at radius 3 is 1.78 bits per heavy atom. The fourth-order valence-electron chi connectivity index (χ4n) is 11.5. The van der Waals surface area contributed by atoms with Crippen molar-refractivity contribution in [3.8, 4) is 39.1 Å². The highest BCUT2D eigenvalue weighted by atomic mass is 15.0. The van der Waals surface area contributed by atoms with Crippen LogP contribution in [0.2, 0.25) is 0 Å². The van der Waals surface area contributed by atoms with Crippen molar-refractivity contribution >= 4 is 72.2 Å². The molecule has 2 aliphatic rings. The molecule has 2 aromatic heterocycles. The van der Waals surface area contributed by atoms with Crippen molar-refractivity contribution in [2.45, 2.75) is 92.4 Å². The highest BCUT2D eigenvalue weighted by Crippen LogP contribution is 2.48. The Morgan fingerprint density at radius 1 is 0.429 bits per heavy atom. The number of benzene rings is 8. The van der Waals surface area contributed by atoms with E-state index in [0.29, 0.717) is 0 Å². The number of fused-ring (bicyclic) bond motifs is 12. The molecule has 2 aliphatic heterocycles. The Bertz CT molecular complexity index is 3610. The van der Waals surface area contributed by atoms with E-state index >= 15 is 0 Å². The van der Waals surface area contributed by atoms with Gasteiger partial charge in [0.15, 0.2) is 0 Å². The maximum Gasteiger partial charge on any atom is 0.333 e. The van der Waals surface area contributed by atoms with Gasteiger partial charge in [0.05, 0.1) is 11.0 Å². The molecule has 0 spiro atoms. The first-order chi connectivity index (χ1) is 30.0. The molecule has 10 aromatic rings. The van der Waals surface area contributed by atoms with Gasteiger partial charge in [0, 0.05) is 43.8 Å². The fourth-order valence-corrected chi connectivity index (χ4v) is 11.5. The van der Waals surface area contributed by atoms with Crippen molar-refractivity contribution in [2.75, 3.05) is 0 Å². The molecule has 2 nitrogen and oxygen atoms in total. The summed E-state index contributed by atoms with van der Waals surface area (Å²) in [5.74, 6) is 0. The topological polar surface area (TPSA) is 9.86 Å². The van der Waals surface area contributed by atoms with Crippen LogP contribution in [-0.4, -0.2) is 15.9 Å². The van der Waals surface area contributed by atoms with E-state index in [2.05, 4.69) is 219 Å². The van der Waals surface area contributed by atoms with Crippen LogP contribution in [0, 0.1) is 13.8 Å². The summed E-state index contributed by atoms with van der Waals surface area (Å²) in [6.07, 6.45) is 0. The van der Waals surface area contributed by atoms with E-state index < -0.39 is 0 Å². The predicted octanol–water partition coefficient (Wildman–Crippen LogP) is 14.8. The highest BCUT2D eigenvalue weighted by molar-refractivity contribution is 6.90. The summed E-state index contributed by atoms with van der Waals surface area (Å²) in [5.41, 5.74) is 23.9. The first kappa shape index (κ1) is 38.4. The van der Waals surface area contributed by atoms with E-state index in [0.717, 1.165) is 0 Å². The Balaban J connectivity index is 1.25. The van der Waals surface area contributed by atoms with E-state index in [1.807, 2.05) is 0 Å². The van der Waals surface area contributed by atoms with Gasteiger partial charge in [-0.2, -0.15) is 0 Å². The number of aryl methyl sites for hydroxylation is 2. The molecule has 0 amide bonds. The summed E-state index contributed by atoms with van der Waals surface area (Å²) in [4.78, 5) is 0. The second-order valence-corrected chi connectivity index (χ2v) is 21.9. The van der Waals surface area contributed by atoms with Crippen molar-refractivity contribution in [2.24, 2.45) is 0 Å². The molecule has 0 atom stereocenters. The molecule has 0 aliphatic carbocycles. The zero-order valence-corrected chi connectivity index (χ0v) is 38.7. The molecule has 0 radical (unpaired) electrons. The summed E-state index contributed by atoms with van der Waals surface area (Å²) >= 11 is 0. The second-order valence-electron chi connectivity index (χ2n) is 21.9. The molecule has 308 valence electrons. The summed E-state index contributed by atoms with van der Waals surface area (Å²) in [6, 6.07) is 52.4. The van der Waals surface area contributed by atoms with Crippen LogP contribution in [-0.2, 0) is 16.2 Å². The zero-order chi connectivity index (χ0) is 43.6. The maximum atomic E-state index is 2.73. The van der Waals surface area contributed by atoms with Crippen LogP contribution in [0.5, 0.6) is 0 Å². The van der Waals surface area contributed by atoms with Gasteiger partial charge in [0.2, 0.25) is 0 Å². The first-order valence-corrected chi connectivity index (χ1v) is 23.0. The van der Waals surface area contributed by atoms with Gasteiger partial charge in [-0.25, -0.2) is 0 Å². The molecule has 0 fully saturated rings. The van der Waals surface area contributed by atoms with Gasteiger partial charge in [0.25, 0.3) is 0 Å². The molecule has 0 saturated heterocycles. The minimum atomic E-state index is -0.0375. The van der Waals surface area contributed by atoms with Crippen LogP contribution in [0.3, 0.4) is 0 Å². The fraction of sp³-hybridized carbons (Fsp3) is 0.233. The Morgan fingerprint density at radius 2 is 1.06 bits per heavy atom. The number of hydrogen-bond donors (Lipinski definition) is 0. The van der Waals surface area contributed by atoms with Crippen LogP contribution in [0.25, 0.3) is 93.5 Å². The molecule has 0 N–H and O–H groups in total. The molecular formula is C60H55BN2. The zero-order valence-electron chi connectivity index (χ0n) is 38.7. The molecule has 3 heteroatoms. The minimum Gasteiger partial charge on any atom is -0.375 e. The van der Waals surface area contributed by atoms with E-state index in [1.54, 1.807) is 0 Å². The number of para-hydroxylation sites is 1. The van der Waals surface area contributed by atoms with Gasteiger partial charge in [0.1, 0.15) is 0 Å². The van der Waals surface area contributed by atoms with Gasteiger partial charge in [-0.1, -0.05) is 153 Å². The molecule has 63 heavy (non-hydrogen) atoms. The molecular weight excluding hydrogens is 759 g/mol. The monoisotopic (exact) mass is 814 g/mol. The van der Waals surface area contributed by atoms with Crippen molar-refractivity contribution in [3.05, 3.63) is 161 Å². The van der Waals surface area contributed by atoms with Crippen LogP contribution in [0.1, 0.15) is 90.1 Å². The average Bonchev–Trinajstić information content (AvgIpc) is 3.76. The lowest BCUT2D eigenvalue weighted by Gasteiger charge is -2.35. The predicted molar refractivity (Wildman–Crippen MR) is 274 cm³/mol. The van der Waals surface area contributed by atoms with E-state index in [4.69, 9.17) is 0 Å². The van der Waals surface area contributed by atoms with Gasteiger partial charge in [-0.15, -0.1) is 0 Å². The number of aromatic nitrogens is 2. The van der Waals surface area contributed by atoms with Crippen LogP contribution in [0.4, 0.5) is 0 Å². The highest BCUT2D eigenvalue weighted by Gasteiger charge is 2.42. The Hall–Kier alpha value is -6.32. The Kier molecular flexibility index (Phi) is 7.71. The van der Waals surface area contributed by atoms with Crippen molar-refractivity contribution in [1.29, 1.82) is 0 Å². The third kappa shape index (κ3) is 5.32. The largest absolute Gasteiger partial charge is 0.375 e. The molecule has 12 rings (SSSR count). The van der Waals surface area contributed by atoms with Crippen molar-refractivity contribution in [3.63, 3.8) is 0 Å². The Labute approximate surface area is 372 Å². The average molecular weight is 815 g/mol. The molecule has 0 saturated carbocycles. The van der Waals surface area contributed by atoms with Gasteiger partial charge in [-0.3, -0.25) is 0 Å². The standard InChI is InChI=1S/C60H55BN2/c1-34-15-12-16-35(2)53(34)42-17-13-18-43-41(42)26-28-51-54(43)44-19-14-20-49-57(44)62(51)52-30-37(36-21-23-38(24-22-36)58(3,4)5)29-46-48-33-40(60(9,10)11)32-47-45-31-39(59(6,7)8)25-27-50(45)63(56(47)48)61(49)55(46)52/h12-33H,1-11H3. The summed E-state index contributed by atoms with van der Waals surface area (Å²) < 4.78 is 5.38. The van der Waals surface area contributed by atoms with E-state index in [9.17, 15) is 0 Å². The van der Waals surface area contributed by atoms with E-state index in [-0.39, 0.29) is 23.1 Å². The lowest BCUT2D eigenvalue weighted by Crippen LogP contribution is -2.55. The molecule has 4 heterocycles. The first-order valence-electron chi connectivity index (χ1n) is 23.0. The van der Waals surface area contributed by atoms with Crippen molar-refractivity contribution in [1.82, 2.24) is 9.05 Å². The van der Waals surface area contributed by atoms with Gasteiger partial charge >= 0.3 is 6.85 Å². The van der Waals surface area contributed by atoms with Crippen molar-refractivity contribution < 1.29 is 0 Å². The summed E-state index contributed by atoms with van der Waals surface area (Å²) in [6.45, 7) is 25.5. The smallest absolute Gasteiger partial charge is 0.333 e. The normalized spacial score (nSPS) is 13.6. The molecule has 8 aromatic carbocycles. The van der Waals surface area contributed by atoms with Crippen LogP contribution < -0.4 is 10.9 Å². The molecule has 0 unspecified atom stereocenters. The van der Waals surface area contributed by atoms with Crippen LogP contribution >= 0.6 is 0 Å². The number of hydrogen-bond acceptors (Lipinski definition) is 0. The maximum absolute atomic E-state index is 2.73. The third-order valence-corrected chi connectivity index (χ3v) is 14.8. The number of nitrogens with zero attached hydrogens (tertiary/aromatic N) is 2.